The molecule has 0 atom stereocenters. The van der Waals surface area contributed by atoms with Gasteiger partial charge >= 0.3 is 0 Å². The van der Waals surface area contributed by atoms with Gasteiger partial charge in [-0.05, 0) is 27.3 Å². The Balaban J connectivity index is 0. The molecule has 0 amide bonds. The highest BCUT2D eigenvalue weighted by Gasteiger charge is 1.74. The van der Waals surface area contributed by atoms with Crippen LogP contribution in [0.1, 0.15) is 27.2 Å². The first-order valence-electron chi connectivity index (χ1n) is 3.68. The summed E-state index contributed by atoms with van der Waals surface area (Å²) in [6, 6.07) is 0. The maximum atomic E-state index is 4.50. The Bertz CT molecular complexity index is 101. The van der Waals surface area contributed by atoms with Crippen molar-refractivity contribution in [3.8, 4) is 0 Å². The highest BCUT2D eigenvalue weighted by Crippen LogP contribution is 1.95. The fourth-order valence-electron chi connectivity index (χ4n) is 0.653. The molecule has 0 spiro atoms. The first-order valence-corrected chi connectivity index (χ1v) is 3.68. The Hall–Kier alpha value is -0.560. The quantitative estimate of drug-likeness (QED) is 0.587. The Morgan fingerprint density at radius 3 is 2.20 bits per heavy atom. The van der Waals surface area contributed by atoms with Gasteiger partial charge in [-0.3, -0.25) is 0 Å². The van der Waals surface area contributed by atoms with Gasteiger partial charge in [0.25, 0.3) is 0 Å². The molecule has 0 aliphatic heterocycles. The van der Waals surface area contributed by atoms with Crippen LogP contribution in [0.5, 0.6) is 0 Å². The van der Waals surface area contributed by atoms with Crippen LogP contribution in [0.15, 0.2) is 23.8 Å². The van der Waals surface area contributed by atoms with E-state index in [2.05, 4.69) is 37.8 Å². The Labute approximate surface area is 64.6 Å². The summed E-state index contributed by atoms with van der Waals surface area (Å²) in [5, 5.41) is 0. The van der Waals surface area contributed by atoms with Gasteiger partial charge in [-0.1, -0.05) is 30.7 Å². The third-order valence-corrected chi connectivity index (χ3v) is 0.956. The van der Waals surface area contributed by atoms with Crippen LogP contribution in [-0.4, -0.2) is 7.05 Å². The van der Waals surface area contributed by atoms with Gasteiger partial charge in [-0.2, -0.15) is 0 Å². The van der Waals surface area contributed by atoms with Gasteiger partial charge in [0.2, 0.25) is 0 Å². The molecule has 0 radical (unpaired) electrons. The first-order chi connectivity index (χ1) is 4.81. The van der Waals surface area contributed by atoms with Crippen LogP contribution in [0, 0.1) is 0 Å². The molecule has 2 N–H and O–H groups in total. The number of rotatable bonds is 2. The molecule has 0 aliphatic rings. The van der Waals surface area contributed by atoms with E-state index in [1.807, 2.05) is 6.92 Å². The molecule has 0 saturated carbocycles. The molecule has 0 aromatic heterocycles. The molecule has 0 aromatic rings. The average Bonchev–Trinajstić information content (AvgIpc) is 1.93. The third kappa shape index (κ3) is 10.4. The molecule has 0 unspecified atom stereocenters. The van der Waals surface area contributed by atoms with Crippen LogP contribution in [0.2, 0.25) is 0 Å². The largest absolute Gasteiger partial charge is 0.333 e. The van der Waals surface area contributed by atoms with Gasteiger partial charge in [0.05, 0.1) is 0 Å². The predicted octanol–water partition coefficient (Wildman–Crippen LogP) is 2.49. The lowest BCUT2D eigenvalue weighted by Crippen LogP contribution is -1.69. The zero-order valence-corrected chi connectivity index (χ0v) is 7.52. The van der Waals surface area contributed by atoms with Gasteiger partial charge < -0.3 is 5.73 Å². The molecular weight excluding hydrogens is 122 g/mol. The number of allylic oxidation sites excluding steroid dienone is 4. The molecule has 0 rings (SSSR count). The monoisotopic (exact) mass is 141 g/mol. The minimum atomic E-state index is 1.14. The van der Waals surface area contributed by atoms with E-state index in [4.69, 9.17) is 0 Å². The topological polar surface area (TPSA) is 26.0 Å². The Morgan fingerprint density at radius 1 is 1.40 bits per heavy atom. The lowest BCUT2D eigenvalue weighted by Gasteiger charge is -1.85. The number of hydrogen-bond donors (Lipinski definition) is 1. The highest BCUT2D eigenvalue weighted by atomic mass is 14.4. The van der Waals surface area contributed by atoms with E-state index < -0.39 is 0 Å². The van der Waals surface area contributed by atoms with Crippen molar-refractivity contribution in [1.29, 1.82) is 0 Å². The fourth-order valence-corrected chi connectivity index (χ4v) is 0.653. The van der Waals surface area contributed by atoms with E-state index >= 15 is 0 Å². The van der Waals surface area contributed by atoms with E-state index in [9.17, 15) is 0 Å². The third-order valence-electron chi connectivity index (χ3n) is 0.956. The van der Waals surface area contributed by atoms with Crippen molar-refractivity contribution in [3.05, 3.63) is 23.8 Å². The van der Waals surface area contributed by atoms with Crippen molar-refractivity contribution in [1.82, 2.24) is 0 Å². The normalized spacial score (nSPS) is 11.1. The Kier molecular flexibility index (Phi) is 13.7. The standard InChI is InChI=1S/C8H14.CH5N/c1-4-6-8(3)7-5-2;1-2/h4,6-7H,5H2,1-3H3;2H2,1H3/b6-4-,8-7-;. The number of hydrogen-bond acceptors (Lipinski definition) is 1. The summed E-state index contributed by atoms with van der Waals surface area (Å²) in [5.41, 5.74) is 5.86. The molecule has 0 aromatic carbocycles. The maximum Gasteiger partial charge on any atom is -0.0195 e. The smallest absolute Gasteiger partial charge is 0.0195 e. The van der Waals surface area contributed by atoms with E-state index in [1.165, 1.54) is 12.6 Å². The van der Waals surface area contributed by atoms with Crippen LogP contribution in [0.3, 0.4) is 0 Å². The molecule has 60 valence electrons. The SMILES string of the molecule is C/C=C\C(C)=C/CC.CN. The lowest BCUT2D eigenvalue weighted by atomic mass is 10.2. The summed E-state index contributed by atoms with van der Waals surface area (Å²) < 4.78 is 0. The Morgan fingerprint density at radius 2 is 1.90 bits per heavy atom. The molecule has 10 heavy (non-hydrogen) atoms. The van der Waals surface area contributed by atoms with E-state index in [0.717, 1.165) is 6.42 Å². The lowest BCUT2D eigenvalue weighted by molar-refractivity contribution is 1.20. The average molecular weight is 141 g/mol. The summed E-state index contributed by atoms with van der Waals surface area (Å²) in [4.78, 5) is 0. The summed E-state index contributed by atoms with van der Waals surface area (Å²) in [7, 11) is 1.50. The van der Waals surface area contributed by atoms with Crippen LogP contribution in [-0.2, 0) is 0 Å². The molecule has 0 saturated heterocycles. The van der Waals surface area contributed by atoms with Crippen molar-refractivity contribution >= 4 is 0 Å². The predicted molar refractivity (Wildman–Crippen MR) is 49.0 cm³/mol. The van der Waals surface area contributed by atoms with Crippen molar-refractivity contribution in [2.45, 2.75) is 27.2 Å². The summed E-state index contributed by atoms with van der Waals surface area (Å²) in [5.74, 6) is 0. The molecular formula is C9H19N. The maximum absolute atomic E-state index is 4.50. The first kappa shape index (κ1) is 12.1. The molecule has 0 heterocycles. The van der Waals surface area contributed by atoms with Crippen molar-refractivity contribution < 1.29 is 0 Å². The second-order valence-corrected chi connectivity index (χ2v) is 1.86. The van der Waals surface area contributed by atoms with Crippen molar-refractivity contribution in [3.63, 3.8) is 0 Å². The van der Waals surface area contributed by atoms with Crippen LogP contribution >= 0.6 is 0 Å². The second-order valence-electron chi connectivity index (χ2n) is 1.86. The van der Waals surface area contributed by atoms with E-state index in [0.29, 0.717) is 0 Å². The zero-order chi connectivity index (χ0) is 8.41. The molecule has 0 bridgehead atoms. The minimum absolute atomic E-state index is 1.14. The van der Waals surface area contributed by atoms with Crippen LogP contribution < -0.4 is 5.73 Å². The molecule has 1 heteroatoms. The van der Waals surface area contributed by atoms with Crippen molar-refractivity contribution in [2.24, 2.45) is 5.73 Å². The zero-order valence-electron chi connectivity index (χ0n) is 7.52. The number of nitrogens with two attached hydrogens (primary N) is 1. The molecule has 0 aliphatic carbocycles. The van der Waals surface area contributed by atoms with E-state index in [-0.39, 0.29) is 0 Å². The van der Waals surface area contributed by atoms with Gasteiger partial charge in [0, 0.05) is 0 Å². The summed E-state index contributed by atoms with van der Waals surface area (Å²) in [6.07, 6.45) is 7.52. The second kappa shape index (κ2) is 11.3. The van der Waals surface area contributed by atoms with Gasteiger partial charge in [-0.25, -0.2) is 0 Å². The fraction of sp³-hybridized carbons (Fsp3) is 0.556. The summed E-state index contributed by atoms with van der Waals surface area (Å²) in [6.45, 7) is 6.30. The minimum Gasteiger partial charge on any atom is -0.333 e. The van der Waals surface area contributed by atoms with Crippen LogP contribution in [0.25, 0.3) is 0 Å². The van der Waals surface area contributed by atoms with Gasteiger partial charge in [-0.15, -0.1) is 0 Å². The van der Waals surface area contributed by atoms with E-state index in [1.54, 1.807) is 0 Å². The highest BCUT2D eigenvalue weighted by molar-refractivity contribution is 5.14. The van der Waals surface area contributed by atoms with Gasteiger partial charge in [0.15, 0.2) is 0 Å². The molecule has 1 nitrogen and oxygen atoms in total. The van der Waals surface area contributed by atoms with Crippen LogP contribution in [0.4, 0.5) is 0 Å². The van der Waals surface area contributed by atoms with Crippen molar-refractivity contribution in [2.75, 3.05) is 7.05 Å². The molecule has 0 fully saturated rings. The van der Waals surface area contributed by atoms with Gasteiger partial charge in [0.1, 0.15) is 0 Å². The summed E-state index contributed by atoms with van der Waals surface area (Å²) >= 11 is 0.